The van der Waals surface area contributed by atoms with E-state index in [1.54, 1.807) is 12.1 Å². The molecule has 30 heavy (non-hydrogen) atoms. The Balaban J connectivity index is 2.07. The largest absolute Gasteiger partial charge is 0.469 e. The molecule has 0 amide bonds. The van der Waals surface area contributed by atoms with Gasteiger partial charge in [0, 0.05) is 24.8 Å². The average molecular weight is 412 g/mol. The van der Waals surface area contributed by atoms with E-state index in [4.69, 9.17) is 20.2 Å². The number of aryl methyl sites for hydroxylation is 2. The van der Waals surface area contributed by atoms with Crippen LogP contribution in [0.15, 0.2) is 18.2 Å². The fourth-order valence-electron chi connectivity index (χ4n) is 3.61. The molecule has 8 nitrogen and oxygen atoms in total. The number of esters is 2. The maximum atomic E-state index is 11.9. The Labute approximate surface area is 175 Å². The molecule has 2 aromatic heterocycles. The van der Waals surface area contributed by atoms with Crippen LogP contribution in [0.2, 0.25) is 0 Å². The zero-order valence-corrected chi connectivity index (χ0v) is 17.7. The van der Waals surface area contributed by atoms with E-state index in [2.05, 4.69) is 16.5 Å². The first-order chi connectivity index (χ1) is 14.5. The number of aromatic nitrogens is 3. The number of carbonyl (C=O) groups excluding carboxylic acids is 2. The molecule has 8 heteroatoms. The summed E-state index contributed by atoms with van der Waals surface area (Å²) in [5, 5.41) is 0.884. The van der Waals surface area contributed by atoms with E-state index in [1.165, 1.54) is 14.2 Å². The molecule has 0 aliphatic rings. The summed E-state index contributed by atoms with van der Waals surface area (Å²) in [5.74, 6) is 0.678. The lowest BCUT2D eigenvalue weighted by molar-refractivity contribution is -0.140. The number of nitrogens with zero attached hydrogens (tertiary/aromatic N) is 3. The van der Waals surface area contributed by atoms with Gasteiger partial charge >= 0.3 is 11.9 Å². The molecular formula is C22H28N4O4. The van der Waals surface area contributed by atoms with Crippen molar-refractivity contribution in [1.29, 1.82) is 0 Å². The van der Waals surface area contributed by atoms with Crippen molar-refractivity contribution in [3.8, 4) is 0 Å². The van der Waals surface area contributed by atoms with E-state index in [-0.39, 0.29) is 5.97 Å². The third-order valence-electron chi connectivity index (χ3n) is 5.20. The number of unbranched alkanes of at least 4 members (excludes halogenated alkanes) is 2. The van der Waals surface area contributed by atoms with Crippen molar-refractivity contribution in [2.75, 3.05) is 20.0 Å². The maximum absolute atomic E-state index is 11.9. The number of ether oxygens (including phenoxy) is 2. The van der Waals surface area contributed by atoms with Gasteiger partial charge in [0.25, 0.3) is 0 Å². The van der Waals surface area contributed by atoms with Gasteiger partial charge in [0.05, 0.1) is 30.8 Å². The Morgan fingerprint density at radius 2 is 1.90 bits per heavy atom. The van der Waals surface area contributed by atoms with Crippen molar-refractivity contribution in [3.63, 3.8) is 0 Å². The van der Waals surface area contributed by atoms with Crippen LogP contribution in [0.25, 0.3) is 21.9 Å². The number of benzene rings is 1. The van der Waals surface area contributed by atoms with Gasteiger partial charge in [0.15, 0.2) is 5.82 Å². The van der Waals surface area contributed by atoms with Gasteiger partial charge in [-0.1, -0.05) is 13.3 Å². The van der Waals surface area contributed by atoms with Crippen LogP contribution in [0.5, 0.6) is 0 Å². The standard InChI is InChI=1S/C22H28N4O4/c1-4-5-8-17-25-19-20(26(17)12-7-6-9-18(27)29-2)15-11-10-14(22(28)30-3)13-16(15)24-21(19)23/h10-11,13H,4-9,12H2,1-3H3,(H2,23,24). The highest BCUT2D eigenvalue weighted by molar-refractivity contribution is 6.08. The number of carbonyl (C=O) groups is 2. The van der Waals surface area contributed by atoms with Crippen LogP contribution in [0.3, 0.4) is 0 Å². The number of fused-ring (bicyclic) bond motifs is 3. The van der Waals surface area contributed by atoms with Crippen LogP contribution in [0.4, 0.5) is 5.82 Å². The molecule has 3 aromatic rings. The number of methoxy groups -OCH3 is 2. The van der Waals surface area contributed by atoms with Gasteiger partial charge in [0.2, 0.25) is 0 Å². The summed E-state index contributed by atoms with van der Waals surface area (Å²) < 4.78 is 11.7. The normalized spacial score (nSPS) is 11.2. The van der Waals surface area contributed by atoms with Crippen molar-refractivity contribution in [2.24, 2.45) is 0 Å². The Hall–Kier alpha value is -3.16. The molecule has 160 valence electrons. The highest BCUT2D eigenvalue weighted by Gasteiger charge is 2.18. The first-order valence-corrected chi connectivity index (χ1v) is 10.2. The zero-order chi connectivity index (χ0) is 21.7. The third kappa shape index (κ3) is 4.37. The van der Waals surface area contributed by atoms with Gasteiger partial charge in [-0.15, -0.1) is 0 Å². The Morgan fingerprint density at radius 1 is 1.10 bits per heavy atom. The number of pyridine rings is 1. The van der Waals surface area contributed by atoms with Gasteiger partial charge in [0.1, 0.15) is 11.3 Å². The second-order valence-electron chi connectivity index (χ2n) is 7.23. The molecule has 0 saturated carbocycles. The Bertz CT molecular complexity index is 1070. The number of rotatable bonds is 9. The first-order valence-electron chi connectivity index (χ1n) is 10.2. The summed E-state index contributed by atoms with van der Waals surface area (Å²) in [6, 6.07) is 5.29. The molecular weight excluding hydrogens is 384 g/mol. The van der Waals surface area contributed by atoms with Crippen molar-refractivity contribution in [2.45, 2.75) is 52.0 Å². The molecule has 2 N–H and O–H groups in total. The minimum atomic E-state index is -0.419. The summed E-state index contributed by atoms with van der Waals surface area (Å²) in [6.45, 7) is 2.85. The summed E-state index contributed by atoms with van der Waals surface area (Å²) in [6.07, 6.45) is 4.84. The summed E-state index contributed by atoms with van der Waals surface area (Å²) in [7, 11) is 2.75. The first kappa shape index (κ1) is 21.5. The predicted octanol–water partition coefficient (Wildman–Crippen LogP) is 3.64. The van der Waals surface area contributed by atoms with Gasteiger partial charge < -0.3 is 19.8 Å². The van der Waals surface area contributed by atoms with Gasteiger partial charge in [-0.3, -0.25) is 4.79 Å². The summed E-state index contributed by atoms with van der Waals surface area (Å²) in [4.78, 5) is 32.6. The van der Waals surface area contributed by atoms with Crippen molar-refractivity contribution in [1.82, 2.24) is 14.5 Å². The van der Waals surface area contributed by atoms with Gasteiger partial charge in [-0.05, 0) is 37.5 Å². The van der Waals surface area contributed by atoms with Crippen LogP contribution in [0, 0.1) is 0 Å². The van der Waals surface area contributed by atoms with Crippen molar-refractivity contribution < 1.29 is 19.1 Å². The molecule has 2 heterocycles. The maximum Gasteiger partial charge on any atom is 0.337 e. The molecule has 0 saturated heterocycles. The van der Waals surface area contributed by atoms with Gasteiger partial charge in [-0.25, -0.2) is 14.8 Å². The number of anilines is 1. The van der Waals surface area contributed by atoms with Crippen LogP contribution >= 0.6 is 0 Å². The highest BCUT2D eigenvalue weighted by Crippen LogP contribution is 2.30. The van der Waals surface area contributed by atoms with E-state index in [1.807, 2.05) is 6.07 Å². The molecule has 0 bridgehead atoms. The number of hydrogen-bond acceptors (Lipinski definition) is 7. The molecule has 0 fully saturated rings. The van der Waals surface area contributed by atoms with Crippen LogP contribution in [-0.4, -0.2) is 40.7 Å². The van der Waals surface area contributed by atoms with E-state index < -0.39 is 5.97 Å². The lowest BCUT2D eigenvalue weighted by Crippen LogP contribution is -2.07. The fraction of sp³-hybridized carbons (Fsp3) is 0.455. The predicted molar refractivity (Wildman–Crippen MR) is 115 cm³/mol. The van der Waals surface area contributed by atoms with E-state index in [9.17, 15) is 9.59 Å². The molecule has 0 atom stereocenters. The van der Waals surface area contributed by atoms with Crippen LogP contribution in [0.1, 0.15) is 55.2 Å². The minimum Gasteiger partial charge on any atom is -0.469 e. The quantitative estimate of drug-likeness (QED) is 0.422. The number of hydrogen-bond donors (Lipinski definition) is 1. The third-order valence-corrected chi connectivity index (χ3v) is 5.20. The number of imidazole rings is 1. The topological polar surface area (TPSA) is 109 Å². The Morgan fingerprint density at radius 3 is 2.60 bits per heavy atom. The lowest BCUT2D eigenvalue weighted by atomic mass is 10.1. The highest BCUT2D eigenvalue weighted by atomic mass is 16.5. The van der Waals surface area contributed by atoms with Crippen LogP contribution < -0.4 is 5.73 Å². The van der Waals surface area contributed by atoms with Crippen molar-refractivity contribution in [3.05, 3.63) is 29.6 Å². The molecule has 0 aliphatic carbocycles. The monoisotopic (exact) mass is 412 g/mol. The van der Waals surface area contributed by atoms with E-state index >= 15 is 0 Å². The molecule has 0 aliphatic heterocycles. The number of nitrogens with two attached hydrogens (primary N) is 1. The second kappa shape index (κ2) is 9.56. The minimum absolute atomic E-state index is 0.203. The fourth-order valence-corrected chi connectivity index (χ4v) is 3.61. The summed E-state index contributed by atoms with van der Waals surface area (Å²) >= 11 is 0. The molecule has 0 radical (unpaired) electrons. The van der Waals surface area contributed by atoms with Gasteiger partial charge in [-0.2, -0.15) is 0 Å². The number of nitrogen functional groups attached to an aromatic ring is 1. The van der Waals surface area contributed by atoms with E-state index in [0.29, 0.717) is 35.4 Å². The zero-order valence-electron chi connectivity index (χ0n) is 17.7. The molecule has 0 spiro atoms. The van der Waals surface area contributed by atoms with Crippen molar-refractivity contribution >= 4 is 39.7 Å². The summed E-state index contributed by atoms with van der Waals surface area (Å²) in [5.41, 5.74) is 8.88. The lowest BCUT2D eigenvalue weighted by Gasteiger charge is -2.11. The molecule has 3 rings (SSSR count). The Kier molecular flexibility index (Phi) is 6.87. The second-order valence-corrected chi connectivity index (χ2v) is 7.23. The van der Waals surface area contributed by atoms with Crippen LogP contribution in [-0.2, 0) is 27.2 Å². The molecule has 0 unspecified atom stereocenters. The SMILES string of the molecule is CCCCc1nc2c(N)nc3cc(C(=O)OC)ccc3c2n1CCCCC(=O)OC. The average Bonchev–Trinajstić information content (AvgIpc) is 3.13. The molecule has 1 aromatic carbocycles. The smallest absolute Gasteiger partial charge is 0.337 e. The van der Waals surface area contributed by atoms with E-state index in [0.717, 1.165) is 48.8 Å².